The molecule has 0 unspecified atom stereocenters. The molecule has 0 atom stereocenters. The van der Waals surface area contributed by atoms with Gasteiger partial charge in [0.15, 0.2) is 0 Å². The van der Waals surface area contributed by atoms with Gasteiger partial charge in [0, 0.05) is 34.7 Å². The number of fused-ring (bicyclic) bond motifs is 1. The maximum absolute atomic E-state index is 15.2. The molecule has 0 aliphatic heterocycles. The summed E-state index contributed by atoms with van der Waals surface area (Å²) in [7, 11) is -0.746. The van der Waals surface area contributed by atoms with Crippen molar-refractivity contribution in [1.82, 2.24) is 14.5 Å². The normalized spacial score (nSPS) is 12.4. The number of halogens is 1. The second-order valence-electron chi connectivity index (χ2n) is 8.89. The van der Waals surface area contributed by atoms with Crippen LogP contribution in [-0.2, 0) is 11.5 Å². The number of nitrogens with one attached hydrogen (secondary N) is 1. The van der Waals surface area contributed by atoms with Crippen LogP contribution in [0.15, 0.2) is 48.8 Å². The Balaban J connectivity index is 1.92. The largest absolute Gasteiger partial charge is 0.478 e. The number of ether oxygens (including phenoxy) is 1. The van der Waals surface area contributed by atoms with E-state index in [4.69, 9.17) is 4.74 Å². The minimum Gasteiger partial charge on any atom is -0.478 e. The van der Waals surface area contributed by atoms with Crippen molar-refractivity contribution in [2.24, 2.45) is 0 Å². The molecule has 0 aliphatic carbocycles. The predicted molar refractivity (Wildman–Crippen MR) is 133 cm³/mol. The molecule has 3 aromatic heterocycles. The third-order valence-electron chi connectivity index (χ3n) is 5.57. The number of pyridine rings is 1. The fourth-order valence-corrected chi connectivity index (χ4v) is 4.46. The van der Waals surface area contributed by atoms with Crippen molar-refractivity contribution >= 4 is 27.0 Å². The highest BCUT2D eigenvalue weighted by Crippen LogP contribution is 2.38. The van der Waals surface area contributed by atoms with Crippen LogP contribution in [0.25, 0.3) is 33.5 Å². The van der Waals surface area contributed by atoms with Gasteiger partial charge in [-0.3, -0.25) is 0 Å². The van der Waals surface area contributed by atoms with Crippen LogP contribution in [0.5, 0.6) is 0 Å². The number of carboxylic acids is 1. The van der Waals surface area contributed by atoms with Gasteiger partial charge in [-0.15, -0.1) is 0 Å². The maximum atomic E-state index is 15.2. The van der Waals surface area contributed by atoms with E-state index in [1.54, 1.807) is 48.1 Å². The van der Waals surface area contributed by atoms with E-state index in [-0.39, 0.29) is 17.9 Å². The molecule has 2 N–H and O–H groups in total. The summed E-state index contributed by atoms with van der Waals surface area (Å²) in [6.07, 6.45) is 10.1. The van der Waals surface area contributed by atoms with Gasteiger partial charge in [-0.25, -0.2) is 24.2 Å². The van der Waals surface area contributed by atoms with Crippen LogP contribution in [0.2, 0.25) is 0 Å². The van der Waals surface area contributed by atoms with E-state index in [0.717, 1.165) is 16.7 Å². The number of nitrogens with zero attached hydrogens (tertiary/aromatic N) is 2. The van der Waals surface area contributed by atoms with Crippen molar-refractivity contribution in [2.45, 2.75) is 13.7 Å². The molecule has 33 heavy (non-hydrogen) atoms. The molecule has 0 bridgehead atoms. The third kappa shape index (κ3) is 4.67. The Morgan fingerprint density at radius 1 is 1.21 bits per heavy atom. The molecule has 0 aliphatic rings. The summed E-state index contributed by atoms with van der Waals surface area (Å²) < 4.78 is 23.0. The zero-order valence-corrected chi connectivity index (χ0v) is 20.0. The van der Waals surface area contributed by atoms with Gasteiger partial charge < -0.3 is 19.4 Å². The first kappa shape index (κ1) is 23.1. The Morgan fingerprint density at radius 2 is 2.00 bits per heavy atom. The quantitative estimate of drug-likeness (QED) is 0.333. The standard InChI is InChI=1S/C25H28FN3O3S/c1-16-6-5-7-19(22(16)26)23-20(25(30)31)14-21(29(23)15-32-12-13-33(2,3)4)17-8-10-27-24-18(17)9-11-28-24/h5-11,14H,12-13,15H2,1-4H3,(H,27,28)(H,30,31). The first-order valence-electron chi connectivity index (χ1n) is 10.6. The number of aromatic amines is 1. The molecule has 0 radical (unpaired) electrons. The summed E-state index contributed by atoms with van der Waals surface area (Å²) in [5, 5.41) is 10.9. The number of hydrogen-bond acceptors (Lipinski definition) is 3. The summed E-state index contributed by atoms with van der Waals surface area (Å²) in [5.74, 6) is -0.642. The monoisotopic (exact) mass is 469 g/mol. The van der Waals surface area contributed by atoms with Gasteiger partial charge in [-0.1, -0.05) is 12.1 Å². The topological polar surface area (TPSA) is 80.1 Å². The molecule has 0 amide bonds. The molecule has 0 fully saturated rings. The molecule has 0 saturated carbocycles. The zero-order valence-electron chi connectivity index (χ0n) is 19.2. The van der Waals surface area contributed by atoms with E-state index in [1.165, 1.54) is 0 Å². The molecule has 6 nitrogen and oxygen atoms in total. The molecule has 4 aromatic rings. The van der Waals surface area contributed by atoms with Crippen molar-refractivity contribution in [2.75, 3.05) is 31.1 Å². The minimum atomic E-state index is -1.12. The van der Waals surface area contributed by atoms with Crippen LogP contribution >= 0.6 is 10.0 Å². The lowest BCUT2D eigenvalue weighted by atomic mass is 10.0. The average molecular weight is 470 g/mol. The van der Waals surface area contributed by atoms with Crippen LogP contribution in [-0.4, -0.2) is 56.7 Å². The lowest BCUT2D eigenvalue weighted by molar-refractivity contribution is 0.0696. The number of hydrogen-bond donors (Lipinski definition) is 2. The van der Waals surface area contributed by atoms with E-state index < -0.39 is 21.8 Å². The summed E-state index contributed by atoms with van der Waals surface area (Å²) in [6, 6.07) is 10.3. The Bertz CT molecular complexity index is 1320. The van der Waals surface area contributed by atoms with E-state index in [2.05, 4.69) is 28.7 Å². The van der Waals surface area contributed by atoms with Gasteiger partial charge in [0.25, 0.3) is 0 Å². The molecule has 0 spiro atoms. The van der Waals surface area contributed by atoms with Crippen LogP contribution in [0.1, 0.15) is 15.9 Å². The number of aromatic carboxylic acids is 1. The van der Waals surface area contributed by atoms with Crippen LogP contribution in [0.3, 0.4) is 0 Å². The zero-order chi connectivity index (χ0) is 23.8. The number of aromatic nitrogens is 3. The number of carbonyl (C=O) groups is 1. The smallest absolute Gasteiger partial charge is 0.337 e. The van der Waals surface area contributed by atoms with Crippen LogP contribution in [0.4, 0.5) is 4.39 Å². The number of aryl methyl sites for hydroxylation is 1. The summed E-state index contributed by atoms with van der Waals surface area (Å²) in [4.78, 5) is 19.7. The fraction of sp³-hybridized carbons (Fsp3) is 0.280. The van der Waals surface area contributed by atoms with Crippen molar-refractivity contribution < 1.29 is 19.0 Å². The Labute approximate surface area is 193 Å². The maximum Gasteiger partial charge on any atom is 0.337 e. The van der Waals surface area contributed by atoms with Gasteiger partial charge in [0.05, 0.1) is 23.6 Å². The second-order valence-corrected chi connectivity index (χ2v) is 13.5. The SMILES string of the molecule is Cc1cccc(-c2c(C(=O)O)cc(-c3ccnc4[nH]ccc34)n2COCCS(C)(C)C)c1F. The van der Waals surface area contributed by atoms with Crippen molar-refractivity contribution in [3.05, 3.63) is 65.7 Å². The molecular formula is C25H28FN3O3S. The lowest BCUT2D eigenvalue weighted by Gasteiger charge is -2.25. The van der Waals surface area contributed by atoms with Crippen molar-refractivity contribution in [3.63, 3.8) is 0 Å². The van der Waals surface area contributed by atoms with E-state index >= 15 is 4.39 Å². The first-order chi connectivity index (χ1) is 15.7. The van der Waals surface area contributed by atoms with E-state index in [0.29, 0.717) is 29.2 Å². The Kier molecular flexibility index (Phi) is 6.32. The van der Waals surface area contributed by atoms with Crippen molar-refractivity contribution in [1.29, 1.82) is 0 Å². The highest BCUT2D eigenvalue weighted by atomic mass is 32.3. The first-order valence-corrected chi connectivity index (χ1v) is 13.6. The molecule has 8 heteroatoms. The Morgan fingerprint density at radius 3 is 2.73 bits per heavy atom. The number of benzene rings is 1. The molecule has 1 aromatic carbocycles. The number of rotatable bonds is 8. The highest BCUT2D eigenvalue weighted by molar-refractivity contribution is 8.32. The van der Waals surface area contributed by atoms with Crippen LogP contribution in [0, 0.1) is 12.7 Å². The van der Waals surface area contributed by atoms with Gasteiger partial charge in [-0.05, 0) is 55.5 Å². The molecule has 4 rings (SSSR count). The minimum absolute atomic E-state index is 0.0278. The van der Waals surface area contributed by atoms with Crippen LogP contribution < -0.4 is 0 Å². The van der Waals surface area contributed by atoms with E-state index in [9.17, 15) is 9.90 Å². The molecular weight excluding hydrogens is 441 g/mol. The predicted octanol–water partition coefficient (Wildman–Crippen LogP) is 5.51. The lowest BCUT2D eigenvalue weighted by Crippen LogP contribution is -2.12. The van der Waals surface area contributed by atoms with Gasteiger partial charge in [0.2, 0.25) is 0 Å². The summed E-state index contributed by atoms with van der Waals surface area (Å²) >= 11 is 0. The molecule has 3 heterocycles. The third-order valence-corrected chi connectivity index (χ3v) is 6.96. The fourth-order valence-electron chi connectivity index (χ4n) is 3.84. The molecule has 0 saturated heterocycles. The van der Waals surface area contributed by atoms with Gasteiger partial charge >= 0.3 is 5.97 Å². The summed E-state index contributed by atoms with van der Waals surface area (Å²) in [6.45, 7) is 2.31. The summed E-state index contributed by atoms with van der Waals surface area (Å²) in [5.41, 5.74) is 3.14. The molecule has 174 valence electrons. The average Bonchev–Trinajstić information content (AvgIpc) is 3.37. The van der Waals surface area contributed by atoms with E-state index in [1.807, 2.05) is 12.1 Å². The van der Waals surface area contributed by atoms with Crippen molar-refractivity contribution in [3.8, 4) is 22.5 Å². The highest BCUT2D eigenvalue weighted by Gasteiger charge is 2.25. The number of carboxylic acid groups (broad SMARTS) is 1. The van der Waals surface area contributed by atoms with Gasteiger partial charge in [-0.2, -0.15) is 0 Å². The van der Waals surface area contributed by atoms with Gasteiger partial charge in [0.1, 0.15) is 18.2 Å². The number of H-pyrrole nitrogens is 1. The Hall–Kier alpha value is -3.10. The second kappa shape index (κ2) is 9.03.